The minimum atomic E-state index is 0.546. The second-order valence-electron chi connectivity index (χ2n) is 2.62. The van der Waals surface area contributed by atoms with Crippen molar-refractivity contribution in [3.8, 4) is 0 Å². The number of aryl methyl sites for hydroxylation is 1. The molecule has 0 saturated heterocycles. The molecule has 0 radical (unpaired) electrons. The number of hydrogen-bond donors (Lipinski definition) is 0. The van der Waals surface area contributed by atoms with E-state index in [0.29, 0.717) is 6.61 Å². The number of rotatable bonds is 3. The third kappa shape index (κ3) is 2.74. The van der Waals surface area contributed by atoms with E-state index in [1.165, 1.54) is 5.56 Å². The Hall–Kier alpha value is -1.31. The van der Waals surface area contributed by atoms with Crippen LogP contribution in [0.1, 0.15) is 18.1 Å². The summed E-state index contributed by atoms with van der Waals surface area (Å²) < 4.78 is 0. The smallest absolute Gasteiger partial charge is 0.142 e. The summed E-state index contributed by atoms with van der Waals surface area (Å²) in [4.78, 5) is 4.98. The van der Waals surface area contributed by atoms with Gasteiger partial charge in [0, 0.05) is 6.21 Å². The van der Waals surface area contributed by atoms with Gasteiger partial charge in [0.25, 0.3) is 0 Å². The molecule has 0 bridgehead atoms. The SMILES string of the molecule is CC=NOCc1ccc(C)cc1. The highest BCUT2D eigenvalue weighted by Gasteiger charge is 1.90. The first-order valence-corrected chi connectivity index (χ1v) is 3.98. The molecule has 0 saturated carbocycles. The van der Waals surface area contributed by atoms with Gasteiger partial charge in [0.15, 0.2) is 0 Å². The summed E-state index contributed by atoms with van der Waals surface area (Å²) in [5, 5.41) is 3.66. The largest absolute Gasteiger partial charge is 0.391 e. The molecule has 2 heteroatoms. The zero-order valence-electron chi connectivity index (χ0n) is 7.45. The highest BCUT2D eigenvalue weighted by molar-refractivity contribution is 5.52. The maximum absolute atomic E-state index is 4.98. The molecular formula is C10H13NO. The molecule has 0 heterocycles. The fraction of sp³-hybridized carbons (Fsp3) is 0.300. The fourth-order valence-electron chi connectivity index (χ4n) is 0.871. The zero-order chi connectivity index (χ0) is 8.81. The van der Waals surface area contributed by atoms with Crippen LogP contribution < -0.4 is 0 Å². The van der Waals surface area contributed by atoms with Gasteiger partial charge in [0.2, 0.25) is 0 Å². The minimum Gasteiger partial charge on any atom is -0.391 e. The second kappa shape index (κ2) is 4.54. The molecule has 12 heavy (non-hydrogen) atoms. The molecule has 0 aromatic heterocycles. The summed E-state index contributed by atoms with van der Waals surface area (Å²) >= 11 is 0. The van der Waals surface area contributed by atoms with Crippen molar-refractivity contribution in [3.63, 3.8) is 0 Å². The molecule has 0 atom stereocenters. The summed E-state index contributed by atoms with van der Waals surface area (Å²) in [7, 11) is 0. The molecule has 0 fully saturated rings. The first-order chi connectivity index (χ1) is 5.83. The number of hydrogen-bond acceptors (Lipinski definition) is 2. The van der Waals surface area contributed by atoms with E-state index in [0.717, 1.165) is 5.56 Å². The standard InChI is InChI=1S/C10H13NO/c1-3-11-12-8-10-6-4-9(2)5-7-10/h3-7H,8H2,1-2H3. The Bertz CT molecular complexity index is 251. The molecule has 1 aromatic rings. The van der Waals surface area contributed by atoms with Gasteiger partial charge in [0.05, 0.1) is 0 Å². The van der Waals surface area contributed by atoms with Gasteiger partial charge in [-0.25, -0.2) is 0 Å². The van der Waals surface area contributed by atoms with E-state index in [-0.39, 0.29) is 0 Å². The van der Waals surface area contributed by atoms with Crippen molar-refractivity contribution in [1.82, 2.24) is 0 Å². The Labute approximate surface area is 72.9 Å². The van der Waals surface area contributed by atoms with E-state index in [1.54, 1.807) is 6.21 Å². The van der Waals surface area contributed by atoms with Gasteiger partial charge < -0.3 is 4.84 Å². The first kappa shape index (κ1) is 8.78. The maximum atomic E-state index is 4.98. The molecule has 0 aliphatic rings. The third-order valence-electron chi connectivity index (χ3n) is 1.53. The molecule has 0 spiro atoms. The van der Waals surface area contributed by atoms with Gasteiger partial charge in [-0.1, -0.05) is 35.0 Å². The lowest BCUT2D eigenvalue weighted by Crippen LogP contribution is -1.86. The molecule has 0 amide bonds. The van der Waals surface area contributed by atoms with Gasteiger partial charge in [0.1, 0.15) is 6.61 Å². The van der Waals surface area contributed by atoms with Crippen LogP contribution in [-0.2, 0) is 11.4 Å². The monoisotopic (exact) mass is 163 g/mol. The zero-order valence-corrected chi connectivity index (χ0v) is 7.45. The molecule has 1 rings (SSSR count). The van der Waals surface area contributed by atoms with Gasteiger partial charge in [-0.3, -0.25) is 0 Å². The van der Waals surface area contributed by atoms with Crippen LogP contribution in [0.3, 0.4) is 0 Å². The second-order valence-corrected chi connectivity index (χ2v) is 2.62. The lowest BCUT2D eigenvalue weighted by Gasteiger charge is -1.99. The average Bonchev–Trinajstić information content (AvgIpc) is 2.09. The lowest BCUT2D eigenvalue weighted by molar-refractivity contribution is 0.132. The fourth-order valence-corrected chi connectivity index (χ4v) is 0.871. The van der Waals surface area contributed by atoms with E-state index < -0.39 is 0 Å². The van der Waals surface area contributed by atoms with Gasteiger partial charge >= 0.3 is 0 Å². The topological polar surface area (TPSA) is 21.6 Å². The number of nitrogens with zero attached hydrogens (tertiary/aromatic N) is 1. The average molecular weight is 163 g/mol. The summed E-state index contributed by atoms with van der Waals surface area (Å²) in [6.07, 6.45) is 1.63. The molecule has 1 aromatic carbocycles. The molecular weight excluding hydrogens is 150 g/mol. The quantitative estimate of drug-likeness (QED) is 0.495. The number of benzene rings is 1. The molecule has 2 nitrogen and oxygen atoms in total. The summed E-state index contributed by atoms with van der Waals surface area (Å²) in [6.45, 7) is 4.44. The Morgan fingerprint density at radius 3 is 2.58 bits per heavy atom. The van der Waals surface area contributed by atoms with Crippen molar-refractivity contribution < 1.29 is 4.84 Å². The van der Waals surface area contributed by atoms with Crippen molar-refractivity contribution in [1.29, 1.82) is 0 Å². The van der Waals surface area contributed by atoms with E-state index in [4.69, 9.17) is 4.84 Å². The first-order valence-electron chi connectivity index (χ1n) is 3.98. The van der Waals surface area contributed by atoms with Crippen LogP contribution in [-0.4, -0.2) is 6.21 Å². The van der Waals surface area contributed by atoms with E-state index >= 15 is 0 Å². The molecule has 0 aliphatic carbocycles. The van der Waals surface area contributed by atoms with Crippen molar-refractivity contribution >= 4 is 6.21 Å². The third-order valence-corrected chi connectivity index (χ3v) is 1.53. The summed E-state index contributed by atoms with van der Waals surface area (Å²) in [5.74, 6) is 0. The predicted molar refractivity (Wildman–Crippen MR) is 50.1 cm³/mol. The van der Waals surface area contributed by atoms with Crippen LogP contribution in [0.25, 0.3) is 0 Å². The Kier molecular flexibility index (Phi) is 3.33. The predicted octanol–water partition coefficient (Wildman–Crippen LogP) is 2.52. The van der Waals surface area contributed by atoms with Crippen molar-refractivity contribution in [2.24, 2.45) is 5.16 Å². The van der Waals surface area contributed by atoms with E-state index in [9.17, 15) is 0 Å². The summed E-state index contributed by atoms with van der Waals surface area (Å²) in [6, 6.07) is 8.21. The van der Waals surface area contributed by atoms with Crippen LogP contribution >= 0.6 is 0 Å². The minimum absolute atomic E-state index is 0.546. The van der Waals surface area contributed by atoms with Gasteiger partial charge in [-0.05, 0) is 19.4 Å². The van der Waals surface area contributed by atoms with Crippen molar-refractivity contribution in [2.75, 3.05) is 0 Å². The van der Waals surface area contributed by atoms with Crippen molar-refractivity contribution in [2.45, 2.75) is 20.5 Å². The van der Waals surface area contributed by atoms with E-state index in [1.807, 2.05) is 19.1 Å². The van der Waals surface area contributed by atoms with Crippen LogP contribution in [0.5, 0.6) is 0 Å². The lowest BCUT2D eigenvalue weighted by atomic mass is 10.2. The maximum Gasteiger partial charge on any atom is 0.142 e. The van der Waals surface area contributed by atoms with Crippen LogP contribution in [0.15, 0.2) is 29.4 Å². The molecule has 64 valence electrons. The van der Waals surface area contributed by atoms with Crippen LogP contribution in [0.4, 0.5) is 0 Å². The summed E-state index contributed by atoms with van der Waals surface area (Å²) in [5.41, 5.74) is 2.41. The van der Waals surface area contributed by atoms with Gasteiger partial charge in [-0.2, -0.15) is 0 Å². The molecule has 0 aliphatic heterocycles. The van der Waals surface area contributed by atoms with E-state index in [2.05, 4.69) is 24.2 Å². The normalized spacial score (nSPS) is 10.5. The Morgan fingerprint density at radius 1 is 1.33 bits per heavy atom. The Balaban J connectivity index is 2.47. The van der Waals surface area contributed by atoms with Crippen LogP contribution in [0.2, 0.25) is 0 Å². The van der Waals surface area contributed by atoms with Crippen LogP contribution in [0, 0.1) is 6.92 Å². The van der Waals surface area contributed by atoms with Gasteiger partial charge in [-0.15, -0.1) is 0 Å². The number of oxime groups is 1. The van der Waals surface area contributed by atoms with Crippen molar-refractivity contribution in [3.05, 3.63) is 35.4 Å². The molecule has 0 N–H and O–H groups in total. The Morgan fingerprint density at radius 2 is 2.00 bits per heavy atom. The molecule has 0 unspecified atom stereocenters. The highest BCUT2D eigenvalue weighted by atomic mass is 16.6. The highest BCUT2D eigenvalue weighted by Crippen LogP contribution is 2.04.